The van der Waals surface area contributed by atoms with E-state index in [1.165, 1.54) is 11.6 Å². The minimum atomic E-state index is -3.56. The van der Waals surface area contributed by atoms with Crippen LogP contribution in [-0.2, 0) is 21.0 Å². The Morgan fingerprint density at radius 2 is 1.97 bits per heavy atom. The first-order chi connectivity index (χ1) is 18.4. The van der Waals surface area contributed by atoms with Gasteiger partial charge in [0.15, 0.2) is 9.84 Å². The van der Waals surface area contributed by atoms with E-state index in [1.807, 2.05) is 24.4 Å². The lowest BCUT2D eigenvalue weighted by molar-refractivity contribution is 0.0430. The lowest BCUT2D eigenvalue weighted by Gasteiger charge is -2.34. The van der Waals surface area contributed by atoms with Crippen LogP contribution < -0.4 is 5.32 Å². The summed E-state index contributed by atoms with van der Waals surface area (Å²) < 4.78 is 31.4. The molecule has 200 valence electrons. The van der Waals surface area contributed by atoms with Crippen molar-refractivity contribution in [2.24, 2.45) is 0 Å². The van der Waals surface area contributed by atoms with Crippen molar-refractivity contribution >= 4 is 26.6 Å². The van der Waals surface area contributed by atoms with E-state index < -0.39 is 9.84 Å². The molecule has 3 aromatic rings. The quantitative estimate of drug-likeness (QED) is 0.454. The van der Waals surface area contributed by atoms with Crippen LogP contribution in [0, 0.1) is 11.3 Å². The molecule has 10 heteroatoms. The summed E-state index contributed by atoms with van der Waals surface area (Å²) in [6.07, 6.45) is 3.54. The molecule has 1 atom stereocenters. The zero-order chi connectivity index (χ0) is 26.5. The molecule has 3 heterocycles. The van der Waals surface area contributed by atoms with Gasteiger partial charge in [0, 0.05) is 61.9 Å². The number of carbonyl (C=O) groups is 1. The topological polar surface area (TPSA) is 119 Å². The maximum Gasteiger partial charge on any atom is 0.253 e. The van der Waals surface area contributed by atoms with Crippen molar-refractivity contribution in [3.8, 4) is 6.07 Å². The number of nitriles is 1. The van der Waals surface area contributed by atoms with Crippen LogP contribution in [0.4, 0.5) is 0 Å². The van der Waals surface area contributed by atoms with Gasteiger partial charge < -0.3 is 19.9 Å². The van der Waals surface area contributed by atoms with Gasteiger partial charge in [0.25, 0.3) is 5.91 Å². The summed E-state index contributed by atoms with van der Waals surface area (Å²) >= 11 is 0. The maximum absolute atomic E-state index is 13.2. The molecule has 2 saturated heterocycles. The van der Waals surface area contributed by atoms with E-state index in [2.05, 4.69) is 21.3 Å². The van der Waals surface area contributed by atoms with Crippen LogP contribution in [0.1, 0.15) is 27.9 Å². The number of aryl methyl sites for hydroxylation is 1. The molecule has 5 rings (SSSR count). The van der Waals surface area contributed by atoms with Crippen LogP contribution in [0.15, 0.2) is 53.6 Å². The zero-order valence-corrected chi connectivity index (χ0v) is 22.2. The van der Waals surface area contributed by atoms with Crippen molar-refractivity contribution in [1.29, 1.82) is 5.26 Å². The predicted molar refractivity (Wildman–Crippen MR) is 145 cm³/mol. The standard InChI is InChI=1S/C28H33N5O4S/c29-17-21-6-7-27-26(15-21)23(18-31-27)4-2-9-32-10-12-33(13-11-32)28(34)22-3-1-5-25(16-22)38(35,36)20-24-19-30-8-14-37-24/h1,3,5-7,15-16,18,24,30-31H,2,4,8-14,19-20H2. The van der Waals surface area contributed by atoms with Crippen molar-refractivity contribution in [2.45, 2.75) is 23.8 Å². The third-order valence-electron chi connectivity index (χ3n) is 7.33. The average Bonchev–Trinajstić information content (AvgIpc) is 3.35. The SMILES string of the molecule is N#Cc1ccc2[nH]cc(CCCN3CCN(C(=O)c4cccc(S(=O)(=O)CC5CNCCO5)c4)CC3)c2c1. The molecule has 0 saturated carbocycles. The molecule has 0 bridgehead atoms. The monoisotopic (exact) mass is 535 g/mol. The highest BCUT2D eigenvalue weighted by molar-refractivity contribution is 7.91. The van der Waals surface area contributed by atoms with Gasteiger partial charge in [-0.25, -0.2) is 8.42 Å². The van der Waals surface area contributed by atoms with Crippen molar-refractivity contribution in [2.75, 3.05) is 58.2 Å². The van der Waals surface area contributed by atoms with E-state index in [1.54, 1.807) is 23.1 Å². The molecule has 2 N–H and O–H groups in total. The van der Waals surface area contributed by atoms with E-state index in [4.69, 9.17) is 4.74 Å². The number of nitrogens with zero attached hydrogens (tertiary/aromatic N) is 3. The first-order valence-corrected chi connectivity index (χ1v) is 14.7. The smallest absolute Gasteiger partial charge is 0.253 e. The predicted octanol–water partition coefficient (Wildman–Crippen LogP) is 2.19. The Morgan fingerprint density at radius 1 is 1.13 bits per heavy atom. The van der Waals surface area contributed by atoms with Crippen molar-refractivity contribution in [1.82, 2.24) is 20.1 Å². The number of piperazine rings is 1. The normalized spacial score (nSPS) is 18.9. The summed E-state index contributed by atoms with van der Waals surface area (Å²) in [7, 11) is -3.56. The first kappa shape index (κ1) is 26.4. The van der Waals surface area contributed by atoms with Gasteiger partial charge in [0.05, 0.1) is 35.0 Å². The molecule has 0 spiro atoms. The van der Waals surface area contributed by atoms with Gasteiger partial charge in [0.1, 0.15) is 0 Å². The number of carbonyl (C=O) groups excluding carboxylic acids is 1. The van der Waals surface area contributed by atoms with Crippen LogP contribution in [0.3, 0.4) is 0 Å². The number of rotatable bonds is 8. The Labute approximate surface area is 223 Å². The number of aromatic nitrogens is 1. The average molecular weight is 536 g/mol. The van der Waals surface area contributed by atoms with Crippen molar-refractivity contribution in [3.05, 3.63) is 65.4 Å². The van der Waals surface area contributed by atoms with Gasteiger partial charge in [-0.1, -0.05) is 6.07 Å². The summed E-state index contributed by atoms with van der Waals surface area (Å²) in [5, 5.41) is 13.4. The van der Waals surface area contributed by atoms with E-state index in [0.717, 1.165) is 49.9 Å². The van der Waals surface area contributed by atoms with E-state index >= 15 is 0 Å². The number of morpholine rings is 1. The second kappa shape index (κ2) is 11.7. The van der Waals surface area contributed by atoms with Gasteiger partial charge in [-0.2, -0.15) is 5.26 Å². The Hall–Kier alpha value is -3.23. The number of amides is 1. The summed E-state index contributed by atoms with van der Waals surface area (Å²) in [5.74, 6) is -0.238. The fourth-order valence-corrected chi connectivity index (χ4v) is 6.68. The number of fused-ring (bicyclic) bond motifs is 1. The Kier molecular flexibility index (Phi) is 8.09. The highest BCUT2D eigenvalue weighted by Gasteiger charge is 2.26. The van der Waals surface area contributed by atoms with Gasteiger partial charge in [0.2, 0.25) is 0 Å². The molecule has 2 aliphatic heterocycles. The number of aromatic amines is 1. The Morgan fingerprint density at radius 3 is 2.74 bits per heavy atom. The number of benzene rings is 2. The molecule has 1 aromatic heterocycles. The highest BCUT2D eigenvalue weighted by Crippen LogP contribution is 2.22. The van der Waals surface area contributed by atoms with Crippen LogP contribution in [-0.4, -0.2) is 93.4 Å². The van der Waals surface area contributed by atoms with Crippen LogP contribution >= 0.6 is 0 Å². The summed E-state index contributed by atoms with van der Waals surface area (Å²) in [6.45, 7) is 5.43. The summed E-state index contributed by atoms with van der Waals surface area (Å²) in [6, 6.07) is 14.3. The molecular weight excluding hydrogens is 502 g/mol. The lowest BCUT2D eigenvalue weighted by Crippen LogP contribution is -2.48. The number of H-pyrrole nitrogens is 1. The molecular formula is C28H33N5O4S. The molecule has 2 fully saturated rings. The number of nitrogens with one attached hydrogen (secondary N) is 2. The number of hydrogen-bond donors (Lipinski definition) is 2. The van der Waals surface area contributed by atoms with Crippen LogP contribution in [0.25, 0.3) is 10.9 Å². The number of hydrogen-bond acceptors (Lipinski definition) is 7. The van der Waals surface area contributed by atoms with Crippen LogP contribution in [0.5, 0.6) is 0 Å². The molecule has 0 radical (unpaired) electrons. The second-order valence-corrected chi connectivity index (χ2v) is 12.0. The number of ether oxygens (including phenoxy) is 1. The minimum absolute atomic E-state index is 0.103. The van der Waals surface area contributed by atoms with Crippen molar-refractivity contribution < 1.29 is 17.9 Å². The number of sulfone groups is 1. The van der Waals surface area contributed by atoms with Gasteiger partial charge in [-0.15, -0.1) is 0 Å². The Balaban J connectivity index is 1.12. The molecule has 1 amide bonds. The molecule has 9 nitrogen and oxygen atoms in total. The van der Waals surface area contributed by atoms with Gasteiger partial charge in [-0.3, -0.25) is 9.69 Å². The first-order valence-electron chi connectivity index (χ1n) is 13.1. The van der Waals surface area contributed by atoms with Gasteiger partial charge >= 0.3 is 0 Å². The lowest BCUT2D eigenvalue weighted by atomic mass is 10.1. The summed E-state index contributed by atoms with van der Waals surface area (Å²) in [5.41, 5.74) is 3.32. The van der Waals surface area contributed by atoms with E-state index in [0.29, 0.717) is 37.4 Å². The minimum Gasteiger partial charge on any atom is -0.375 e. The maximum atomic E-state index is 13.2. The largest absolute Gasteiger partial charge is 0.375 e. The molecule has 2 aromatic carbocycles. The zero-order valence-electron chi connectivity index (χ0n) is 21.4. The third-order valence-corrected chi connectivity index (χ3v) is 9.11. The van der Waals surface area contributed by atoms with Crippen molar-refractivity contribution in [3.63, 3.8) is 0 Å². The van der Waals surface area contributed by atoms with E-state index in [9.17, 15) is 18.5 Å². The Bertz CT molecular complexity index is 1430. The fraction of sp³-hybridized carbons (Fsp3) is 0.429. The van der Waals surface area contributed by atoms with Crippen LogP contribution in [0.2, 0.25) is 0 Å². The second-order valence-electron chi connectivity index (χ2n) is 9.93. The molecule has 38 heavy (non-hydrogen) atoms. The third kappa shape index (κ3) is 6.08. The molecule has 1 unspecified atom stereocenters. The van der Waals surface area contributed by atoms with Gasteiger partial charge in [-0.05, 0) is 61.3 Å². The summed E-state index contributed by atoms with van der Waals surface area (Å²) in [4.78, 5) is 20.8. The molecule has 0 aliphatic carbocycles. The van der Waals surface area contributed by atoms with E-state index in [-0.39, 0.29) is 22.7 Å². The fourth-order valence-electron chi connectivity index (χ4n) is 5.20. The highest BCUT2D eigenvalue weighted by atomic mass is 32.2. The molecule has 2 aliphatic rings.